The molecular weight excluding hydrogens is 330 g/mol. The molecule has 126 valence electrons. The first-order valence-corrected chi connectivity index (χ1v) is 8.14. The maximum Gasteiger partial charge on any atom is 0.323 e. The van der Waals surface area contributed by atoms with E-state index < -0.39 is 0 Å². The summed E-state index contributed by atoms with van der Waals surface area (Å²) in [6, 6.07) is 17.4. The third-order valence-corrected chi connectivity index (χ3v) is 4.23. The highest BCUT2D eigenvalue weighted by molar-refractivity contribution is 5.80. The highest BCUT2D eigenvalue weighted by atomic mass is 16.5. The highest BCUT2D eigenvalue weighted by Gasteiger charge is 2.11. The topological polar surface area (TPSA) is 100 Å². The van der Waals surface area contributed by atoms with Crippen LogP contribution < -0.4 is 5.69 Å². The summed E-state index contributed by atoms with van der Waals surface area (Å²) in [7, 11) is 0. The van der Waals surface area contributed by atoms with Crippen molar-refractivity contribution in [2.75, 3.05) is 0 Å². The van der Waals surface area contributed by atoms with Gasteiger partial charge in [0.25, 0.3) is 0 Å². The van der Waals surface area contributed by atoms with E-state index in [2.05, 4.69) is 25.1 Å². The lowest BCUT2D eigenvalue weighted by molar-refractivity contribution is 0.385. The average Bonchev–Trinajstić information content (AvgIpc) is 3.26. The Morgan fingerprint density at radius 3 is 2.77 bits per heavy atom. The van der Waals surface area contributed by atoms with Crippen molar-refractivity contribution in [1.82, 2.24) is 25.1 Å². The average molecular weight is 343 g/mol. The predicted molar refractivity (Wildman–Crippen MR) is 96.8 cm³/mol. The maximum absolute atomic E-state index is 11.4. The summed E-state index contributed by atoms with van der Waals surface area (Å²) in [4.78, 5) is 25.8. The van der Waals surface area contributed by atoms with Gasteiger partial charge in [-0.05, 0) is 29.8 Å². The number of H-pyrrole nitrogens is 2. The van der Waals surface area contributed by atoms with E-state index in [4.69, 9.17) is 4.52 Å². The van der Waals surface area contributed by atoms with E-state index in [0.717, 1.165) is 27.5 Å². The second kappa shape index (κ2) is 5.66. The van der Waals surface area contributed by atoms with Gasteiger partial charge in [0.2, 0.25) is 11.7 Å². The second-order valence-corrected chi connectivity index (χ2v) is 6.04. The van der Waals surface area contributed by atoms with Gasteiger partial charge in [0.1, 0.15) is 5.69 Å². The fourth-order valence-electron chi connectivity index (χ4n) is 2.99. The SMILES string of the molecule is O=c1[nH]c2ccc(Cc3nc(-c4ccc5ccccc5n4)no3)cc2[nH]1. The number of hydrogen-bond donors (Lipinski definition) is 2. The molecule has 0 aliphatic heterocycles. The lowest BCUT2D eigenvalue weighted by Crippen LogP contribution is -1.99. The number of nitrogens with one attached hydrogen (secondary N) is 2. The molecule has 5 rings (SSSR count). The third-order valence-electron chi connectivity index (χ3n) is 4.23. The predicted octanol–water partition coefficient (Wildman–Crippen LogP) is 3.05. The molecule has 0 aliphatic rings. The molecule has 26 heavy (non-hydrogen) atoms. The van der Waals surface area contributed by atoms with E-state index in [1.807, 2.05) is 54.6 Å². The van der Waals surface area contributed by atoms with E-state index in [-0.39, 0.29) is 5.69 Å². The number of aromatic nitrogens is 5. The first-order valence-electron chi connectivity index (χ1n) is 8.14. The molecule has 0 aliphatic carbocycles. The lowest BCUT2D eigenvalue weighted by Gasteiger charge is -1.98. The minimum absolute atomic E-state index is 0.223. The van der Waals surface area contributed by atoms with Gasteiger partial charge in [0.05, 0.1) is 23.0 Å². The Balaban J connectivity index is 1.45. The van der Waals surface area contributed by atoms with Crippen LogP contribution in [-0.2, 0) is 6.42 Å². The smallest absolute Gasteiger partial charge is 0.323 e. The van der Waals surface area contributed by atoms with E-state index in [0.29, 0.717) is 23.8 Å². The van der Waals surface area contributed by atoms with Crippen molar-refractivity contribution in [3.05, 3.63) is 76.5 Å². The number of fused-ring (bicyclic) bond motifs is 2. The summed E-state index contributed by atoms with van der Waals surface area (Å²) in [5.41, 5.74) is 3.82. The van der Waals surface area contributed by atoms with Crippen LogP contribution in [0.2, 0.25) is 0 Å². The summed E-state index contributed by atoms with van der Waals surface area (Å²) in [6.07, 6.45) is 0.476. The number of hydrogen-bond acceptors (Lipinski definition) is 5. The molecule has 2 N–H and O–H groups in total. The number of nitrogens with zero attached hydrogens (tertiary/aromatic N) is 3. The van der Waals surface area contributed by atoms with Gasteiger partial charge in [0, 0.05) is 5.39 Å². The van der Waals surface area contributed by atoms with Crippen LogP contribution in [0.25, 0.3) is 33.5 Å². The Bertz CT molecular complexity index is 1300. The molecule has 5 aromatic rings. The fraction of sp³-hybridized carbons (Fsp3) is 0.0526. The van der Waals surface area contributed by atoms with Crippen molar-refractivity contribution in [3.63, 3.8) is 0 Å². The molecule has 0 unspecified atom stereocenters. The molecule has 3 heterocycles. The molecule has 0 amide bonds. The summed E-state index contributed by atoms with van der Waals surface area (Å²) in [6.45, 7) is 0. The lowest BCUT2D eigenvalue weighted by atomic mass is 10.1. The van der Waals surface area contributed by atoms with Crippen LogP contribution in [-0.4, -0.2) is 25.1 Å². The molecular formula is C19H13N5O2. The first-order chi connectivity index (χ1) is 12.7. The Kier molecular flexibility index (Phi) is 3.18. The molecule has 3 aromatic heterocycles. The quantitative estimate of drug-likeness (QED) is 0.524. The largest absolute Gasteiger partial charge is 0.339 e. The fourth-order valence-corrected chi connectivity index (χ4v) is 2.99. The zero-order chi connectivity index (χ0) is 17.5. The number of imidazole rings is 1. The van der Waals surface area contributed by atoms with Crippen LogP contribution in [0.5, 0.6) is 0 Å². The van der Waals surface area contributed by atoms with Gasteiger partial charge in [-0.2, -0.15) is 4.98 Å². The minimum Gasteiger partial charge on any atom is -0.339 e. The number of para-hydroxylation sites is 1. The van der Waals surface area contributed by atoms with Crippen molar-refractivity contribution in [2.45, 2.75) is 6.42 Å². The van der Waals surface area contributed by atoms with Gasteiger partial charge in [-0.25, -0.2) is 9.78 Å². The molecule has 0 fully saturated rings. The van der Waals surface area contributed by atoms with Crippen LogP contribution in [0.15, 0.2) is 63.9 Å². The van der Waals surface area contributed by atoms with E-state index in [1.54, 1.807) is 0 Å². The van der Waals surface area contributed by atoms with Crippen LogP contribution in [0.1, 0.15) is 11.5 Å². The van der Waals surface area contributed by atoms with E-state index in [1.165, 1.54) is 0 Å². The van der Waals surface area contributed by atoms with Crippen molar-refractivity contribution in [2.24, 2.45) is 0 Å². The Morgan fingerprint density at radius 1 is 0.923 bits per heavy atom. The second-order valence-electron chi connectivity index (χ2n) is 6.04. The van der Waals surface area contributed by atoms with Crippen LogP contribution >= 0.6 is 0 Å². The van der Waals surface area contributed by atoms with E-state index >= 15 is 0 Å². The molecule has 0 bridgehead atoms. The summed E-state index contributed by atoms with van der Waals surface area (Å²) in [5.74, 6) is 0.953. The molecule has 0 saturated heterocycles. The summed E-state index contributed by atoms with van der Waals surface area (Å²) >= 11 is 0. The van der Waals surface area contributed by atoms with Gasteiger partial charge in [-0.3, -0.25) is 0 Å². The normalized spacial score (nSPS) is 11.4. The number of rotatable bonds is 3. The Labute approximate surface area is 146 Å². The molecule has 7 heteroatoms. The summed E-state index contributed by atoms with van der Waals surface area (Å²) in [5, 5.41) is 5.11. The molecule has 0 atom stereocenters. The van der Waals surface area contributed by atoms with Crippen molar-refractivity contribution >= 4 is 21.9 Å². The molecule has 0 spiro atoms. The van der Waals surface area contributed by atoms with Gasteiger partial charge >= 0.3 is 5.69 Å². The first kappa shape index (κ1) is 14.6. The molecule has 2 aromatic carbocycles. The Hall–Kier alpha value is -3.74. The van der Waals surface area contributed by atoms with Crippen molar-refractivity contribution < 1.29 is 4.52 Å². The van der Waals surface area contributed by atoms with Gasteiger partial charge in [-0.1, -0.05) is 35.5 Å². The zero-order valence-corrected chi connectivity index (χ0v) is 13.6. The van der Waals surface area contributed by atoms with Gasteiger partial charge in [-0.15, -0.1) is 0 Å². The number of benzene rings is 2. The van der Waals surface area contributed by atoms with Crippen LogP contribution in [0, 0.1) is 0 Å². The number of pyridine rings is 1. The van der Waals surface area contributed by atoms with Gasteiger partial charge < -0.3 is 14.5 Å². The van der Waals surface area contributed by atoms with Crippen LogP contribution in [0.4, 0.5) is 0 Å². The van der Waals surface area contributed by atoms with Crippen LogP contribution in [0.3, 0.4) is 0 Å². The zero-order valence-electron chi connectivity index (χ0n) is 13.6. The molecule has 0 radical (unpaired) electrons. The highest BCUT2D eigenvalue weighted by Crippen LogP contribution is 2.20. The minimum atomic E-state index is -0.223. The summed E-state index contributed by atoms with van der Waals surface area (Å²) < 4.78 is 5.37. The number of aromatic amines is 2. The van der Waals surface area contributed by atoms with Crippen molar-refractivity contribution in [3.8, 4) is 11.5 Å². The monoisotopic (exact) mass is 343 g/mol. The van der Waals surface area contributed by atoms with Gasteiger partial charge in [0.15, 0.2) is 0 Å². The maximum atomic E-state index is 11.4. The van der Waals surface area contributed by atoms with E-state index in [9.17, 15) is 4.79 Å². The molecule has 0 saturated carbocycles. The molecule has 7 nitrogen and oxygen atoms in total. The standard InChI is InChI=1S/C19H13N5O2/c25-19-21-14-7-5-11(9-16(14)22-19)10-17-23-18(24-26-17)15-8-6-12-3-1-2-4-13(12)20-15/h1-9H,10H2,(H2,21,22,25). The third kappa shape index (κ3) is 2.55. The Morgan fingerprint density at radius 2 is 1.81 bits per heavy atom. The van der Waals surface area contributed by atoms with Crippen molar-refractivity contribution in [1.29, 1.82) is 0 Å².